The van der Waals surface area contributed by atoms with E-state index in [4.69, 9.17) is 0 Å². The van der Waals surface area contributed by atoms with Crippen molar-refractivity contribution in [1.29, 1.82) is 0 Å². The lowest BCUT2D eigenvalue weighted by Gasteiger charge is -2.26. The lowest BCUT2D eigenvalue weighted by atomic mass is 9.77. The van der Waals surface area contributed by atoms with Gasteiger partial charge in [0, 0.05) is 11.8 Å². The van der Waals surface area contributed by atoms with Gasteiger partial charge in [-0.2, -0.15) is 0 Å². The third-order valence-electron chi connectivity index (χ3n) is 5.51. The summed E-state index contributed by atoms with van der Waals surface area (Å²) in [6, 6.07) is 13.4. The molecule has 2 atom stereocenters. The third kappa shape index (κ3) is 1.90. The van der Waals surface area contributed by atoms with Gasteiger partial charge in [-0.3, -0.25) is 0 Å². The summed E-state index contributed by atoms with van der Waals surface area (Å²) in [5.41, 5.74) is 8.66. The van der Waals surface area contributed by atoms with E-state index in [1.807, 2.05) is 0 Å². The van der Waals surface area contributed by atoms with Gasteiger partial charge in [0.2, 0.25) is 0 Å². The van der Waals surface area contributed by atoms with E-state index < -0.39 is 0 Å². The van der Waals surface area contributed by atoms with Crippen LogP contribution in [0.4, 0.5) is 0 Å². The molecule has 0 aromatic heterocycles. The van der Waals surface area contributed by atoms with Crippen LogP contribution in [0.1, 0.15) is 52.1 Å². The zero-order chi connectivity index (χ0) is 15.3. The van der Waals surface area contributed by atoms with E-state index in [0.717, 1.165) is 0 Å². The van der Waals surface area contributed by atoms with Gasteiger partial charge in [0.05, 0.1) is 0 Å². The van der Waals surface area contributed by atoms with E-state index >= 15 is 0 Å². The number of hydrogen-bond acceptors (Lipinski definition) is 0. The molecule has 0 bridgehead atoms. The molecular formula is C22H22. The van der Waals surface area contributed by atoms with Crippen molar-refractivity contribution in [2.45, 2.75) is 32.6 Å². The van der Waals surface area contributed by atoms with E-state index in [-0.39, 0.29) is 0 Å². The second-order valence-electron chi connectivity index (χ2n) is 6.78. The lowest BCUT2D eigenvalue weighted by Crippen LogP contribution is -2.14. The van der Waals surface area contributed by atoms with E-state index in [9.17, 15) is 0 Å². The molecule has 0 spiro atoms. The number of fused-ring (bicyclic) bond motifs is 2. The Hall–Kier alpha value is -2.08. The van der Waals surface area contributed by atoms with Crippen molar-refractivity contribution >= 4 is 12.2 Å². The summed E-state index contributed by atoms with van der Waals surface area (Å²) in [7, 11) is 0. The predicted octanol–water partition coefficient (Wildman–Crippen LogP) is 5.86. The Morgan fingerprint density at radius 1 is 0.727 bits per heavy atom. The Balaban J connectivity index is 1.71. The summed E-state index contributed by atoms with van der Waals surface area (Å²) < 4.78 is 0. The molecule has 110 valence electrons. The van der Waals surface area contributed by atoms with Crippen LogP contribution in [0, 0.1) is 19.8 Å². The van der Waals surface area contributed by atoms with Gasteiger partial charge in [-0.25, -0.2) is 0 Å². The molecule has 22 heavy (non-hydrogen) atoms. The fourth-order valence-electron chi connectivity index (χ4n) is 4.19. The predicted molar refractivity (Wildman–Crippen MR) is 95.1 cm³/mol. The van der Waals surface area contributed by atoms with E-state index in [0.29, 0.717) is 17.8 Å². The summed E-state index contributed by atoms with van der Waals surface area (Å²) in [6.45, 7) is 6.83. The Bertz CT molecular complexity index is 724. The highest BCUT2D eigenvalue weighted by atomic mass is 14.4. The Morgan fingerprint density at radius 3 is 1.64 bits per heavy atom. The van der Waals surface area contributed by atoms with Crippen molar-refractivity contribution in [2.75, 3.05) is 0 Å². The Labute approximate surface area is 133 Å². The number of allylic oxidation sites excluding steroid dienone is 2. The molecule has 0 nitrogen and oxygen atoms in total. The number of aryl methyl sites for hydroxylation is 2. The Morgan fingerprint density at radius 2 is 1.18 bits per heavy atom. The first kappa shape index (κ1) is 13.6. The quantitative estimate of drug-likeness (QED) is 0.648. The normalized spacial score (nSPS) is 22.7. The summed E-state index contributed by atoms with van der Waals surface area (Å²) in [4.78, 5) is 0. The van der Waals surface area contributed by atoms with Gasteiger partial charge in [0.25, 0.3) is 0 Å². The minimum atomic E-state index is 0.524. The highest BCUT2D eigenvalue weighted by Crippen LogP contribution is 2.46. The van der Waals surface area contributed by atoms with Gasteiger partial charge in [-0.1, -0.05) is 67.6 Å². The molecule has 0 heteroatoms. The molecule has 0 radical (unpaired) electrons. The van der Waals surface area contributed by atoms with Crippen molar-refractivity contribution in [3.05, 3.63) is 81.9 Å². The van der Waals surface area contributed by atoms with Gasteiger partial charge in [0.1, 0.15) is 0 Å². The van der Waals surface area contributed by atoms with E-state index in [1.165, 1.54) is 33.4 Å². The van der Waals surface area contributed by atoms with Crippen LogP contribution in [0.5, 0.6) is 0 Å². The zero-order valence-corrected chi connectivity index (χ0v) is 13.5. The van der Waals surface area contributed by atoms with Crippen LogP contribution >= 0.6 is 0 Å². The molecule has 4 rings (SSSR count). The molecule has 0 heterocycles. The van der Waals surface area contributed by atoms with E-state index in [2.05, 4.69) is 81.5 Å². The second-order valence-corrected chi connectivity index (χ2v) is 6.78. The molecule has 0 saturated carbocycles. The van der Waals surface area contributed by atoms with Crippen LogP contribution in [0.25, 0.3) is 12.2 Å². The minimum Gasteiger partial charge on any atom is -0.0761 e. The molecule has 2 unspecified atom stereocenters. The molecular weight excluding hydrogens is 264 g/mol. The van der Waals surface area contributed by atoms with E-state index in [1.54, 1.807) is 0 Å². The molecule has 2 aliphatic carbocycles. The first-order valence-corrected chi connectivity index (χ1v) is 8.22. The summed E-state index contributed by atoms with van der Waals surface area (Å²) >= 11 is 0. The fourth-order valence-corrected chi connectivity index (χ4v) is 4.19. The molecule has 0 fully saturated rings. The van der Waals surface area contributed by atoms with Gasteiger partial charge >= 0.3 is 0 Å². The minimum absolute atomic E-state index is 0.524. The maximum absolute atomic E-state index is 2.41. The zero-order valence-electron chi connectivity index (χ0n) is 13.5. The SMILES string of the molecule is Cc1cccc2c1C=CC2C(C)C1C=Cc2c(C)cccc21. The first-order valence-electron chi connectivity index (χ1n) is 8.22. The van der Waals surface area contributed by atoms with Crippen molar-refractivity contribution in [2.24, 2.45) is 5.92 Å². The number of hydrogen-bond donors (Lipinski definition) is 0. The van der Waals surface area contributed by atoms with Crippen LogP contribution in [-0.4, -0.2) is 0 Å². The molecule has 2 aromatic rings. The second kappa shape index (κ2) is 4.98. The van der Waals surface area contributed by atoms with Crippen LogP contribution in [0.15, 0.2) is 48.6 Å². The maximum atomic E-state index is 2.41. The average Bonchev–Trinajstić information content (AvgIpc) is 3.12. The number of rotatable bonds is 2. The van der Waals surface area contributed by atoms with Crippen molar-refractivity contribution in [1.82, 2.24) is 0 Å². The first-order chi connectivity index (χ1) is 10.7. The van der Waals surface area contributed by atoms with Crippen LogP contribution in [-0.2, 0) is 0 Å². The standard InChI is InChI=1S/C22H22/c1-14-6-4-8-21-17(14)10-12-19(21)16(3)20-13-11-18-15(2)7-5-9-22(18)20/h4-13,16,19-20H,1-3H3. The number of benzene rings is 2. The van der Waals surface area contributed by atoms with Gasteiger partial charge in [-0.05, 0) is 53.1 Å². The summed E-state index contributed by atoms with van der Waals surface area (Å²) in [5, 5.41) is 0. The highest BCUT2D eigenvalue weighted by molar-refractivity contribution is 5.68. The fraction of sp³-hybridized carbons (Fsp3) is 0.273. The van der Waals surface area contributed by atoms with Gasteiger partial charge < -0.3 is 0 Å². The molecule has 2 aromatic carbocycles. The van der Waals surface area contributed by atoms with Crippen molar-refractivity contribution < 1.29 is 0 Å². The summed E-state index contributed by atoms with van der Waals surface area (Å²) in [6.07, 6.45) is 9.46. The molecule has 0 saturated heterocycles. The molecule has 2 aliphatic rings. The topological polar surface area (TPSA) is 0 Å². The van der Waals surface area contributed by atoms with Crippen LogP contribution in [0.3, 0.4) is 0 Å². The van der Waals surface area contributed by atoms with Crippen molar-refractivity contribution in [3.8, 4) is 0 Å². The lowest BCUT2D eigenvalue weighted by molar-refractivity contribution is 0.482. The van der Waals surface area contributed by atoms with Crippen LogP contribution < -0.4 is 0 Å². The molecule has 0 aliphatic heterocycles. The molecule has 0 N–H and O–H groups in total. The van der Waals surface area contributed by atoms with Crippen LogP contribution in [0.2, 0.25) is 0 Å². The van der Waals surface area contributed by atoms with Gasteiger partial charge in [-0.15, -0.1) is 0 Å². The van der Waals surface area contributed by atoms with Crippen molar-refractivity contribution in [3.63, 3.8) is 0 Å². The Kier molecular flexibility index (Phi) is 3.07. The third-order valence-corrected chi connectivity index (χ3v) is 5.51. The highest BCUT2D eigenvalue weighted by Gasteiger charge is 2.31. The average molecular weight is 286 g/mol. The van der Waals surface area contributed by atoms with Gasteiger partial charge in [0.15, 0.2) is 0 Å². The summed E-state index contributed by atoms with van der Waals surface area (Å²) in [5.74, 6) is 1.63. The molecule has 0 amide bonds. The smallest absolute Gasteiger partial charge is 0.00618 e. The largest absolute Gasteiger partial charge is 0.0761 e. The monoisotopic (exact) mass is 286 g/mol. The maximum Gasteiger partial charge on any atom is 0.00618 e.